The van der Waals surface area contributed by atoms with Crippen LogP contribution in [0, 0.1) is 12.0 Å². The third kappa shape index (κ3) is 2.73. The molecule has 0 heterocycles. The van der Waals surface area contributed by atoms with Crippen molar-refractivity contribution in [2.45, 2.75) is 13.0 Å². The highest BCUT2D eigenvalue weighted by molar-refractivity contribution is 5.84. The largest absolute Gasteiger partial charge is 0.462 e. The van der Waals surface area contributed by atoms with Crippen molar-refractivity contribution in [3.05, 3.63) is 0 Å². The van der Waals surface area contributed by atoms with Crippen molar-refractivity contribution < 1.29 is 9.90 Å². The summed E-state index contributed by atoms with van der Waals surface area (Å²) in [6.07, 6.45) is 1.67. The summed E-state index contributed by atoms with van der Waals surface area (Å²) in [6.45, 7) is 1.41. The average Bonchev–Trinajstić information content (AvgIpc) is 1.82. The lowest BCUT2D eigenvalue weighted by atomic mass is 10.2. The van der Waals surface area contributed by atoms with E-state index in [1.54, 1.807) is 13.2 Å². The van der Waals surface area contributed by atoms with Gasteiger partial charge in [0.05, 0.1) is 0 Å². The van der Waals surface area contributed by atoms with Gasteiger partial charge in [-0.05, 0) is 19.9 Å². The summed E-state index contributed by atoms with van der Waals surface area (Å²) in [5, 5.41) is 10.7. The number of ketones is 1. The molecule has 1 atom stereocenters. The fraction of sp³-hybridized carbons (Fsp3) is 0.500. The number of rotatable bonds is 2. The molecule has 0 radical (unpaired) electrons. The van der Waals surface area contributed by atoms with Gasteiger partial charge >= 0.3 is 0 Å². The van der Waals surface area contributed by atoms with Crippen LogP contribution in [0.25, 0.3) is 0 Å². The van der Waals surface area contributed by atoms with E-state index in [0.29, 0.717) is 0 Å². The van der Waals surface area contributed by atoms with Crippen molar-refractivity contribution >= 4 is 5.78 Å². The first-order valence-electron chi connectivity index (χ1n) is 2.54. The molecule has 0 spiro atoms. The first-order valence-corrected chi connectivity index (χ1v) is 2.54. The summed E-state index contributed by atoms with van der Waals surface area (Å²) in [7, 11) is 1.61. The number of aliphatic hydroxyl groups is 1. The maximum absolute atomic E-state index is 10.5. The van der Waals surface area contributed by atoms with Gasteiger partial charge < -0.3 is 10.4 Å². The molecule has 2 N–H and O–H groups in total. The number of hydrogen-bond donors (Lipinski definition) is 2. The molecule has 3 heteroatoms. The van der Waals surface area contributed by atoms with Gasteiger partial charge in [0, 0.05) is 0 Å². The minimum absolute atomic E-state index is 0.0981. The molecule has 0 saturated heterocycles. The molecule has 0 aliphatic rings. The third-order valence-corrected chi connectivity index (χ3v) is 0.904. The minimum atomic E-state index is -0.532. The van der Waals surface area contributed by atoms with Gasteiger partial charge in [0.25, 0.3) is 0 Å². The van der Waals surface area contributed by atoms with E-state index in [-0.39, 0.29) is 5.78 Å². The van der Waals surface area contributed by atoms with Crippen molar-refractivity contribution in [3.63, 3.8) is 0 Å². The van der Waals surface area contributed by atoms with E-state index >= 15 is 0 Å². The second-order valence-electron chi connectivity index (χ2n) is 1.59. The van der Waals surface area contributed by atoms with Crippen LogP contribution in [-0.4, -0.2) is 24.0 Å². The summed E-state index contributed by atoms with van der Waals surface area (Å²) in [5.74, 6) is 2.18. The molecular weight excluding hydrogens is 118 g/mol. The maximum Gasteiger partial charge on any atom is 0.159 e. The number of aliphatic hydroxyl groups excluding tert-OH is 1. The van der Waals surface area contributed by atoms with Crippen LogP contribution in [0.4, 0.5) is 0 Å². The first-order chi connectivity index (χ1) is 4.22. The zero-order valence-electron chi connectivity index (χ0n) is 5.43. The highest BCUT2D eigenvalue weighted by atomic mass is 16.2. The van der Waals surface area contributed by atoms with Gasteiger partial charge in [-0.15, -0.1) is 0 Å². The molecular formula is C6H9NO2. The number of likely N-dealkylation sites (N-methyl/N-ethyl adjacent to an activating group) is 1. The highest BCUT2D eigenvalue weighted by Crippen LogP contribution is 1.79. The average molecular weight is 127 g/mol. The molecule has 0 aromatic rings. The van der Waals surface area contributed by atoms with Crippen LogP contribution >= 0.6 is 0 Å². The topological polar surface area (TPSA) is 49.3 Å². The number of hydrogen-bond acceptors (Lipinski definition) is 3. The molecule has 0 unspecified atom stereocenters. The van der Waals surface area contributed by atoms with E-state index in [2.05, 4.69) is 11.2 Å². The van der Waals surface area contributed by atoms with Crippen LogP contribution in [0.2, 0.25) is 0 Å². The Hall–Kier alpha value is -1.01. The Labute approximate surface area is 54.1 Å². The van der Waals surface area contributed by atoms with E-state index < -0.39 is 6.04 Å². The van der Waals surface area contributed by atoms with Crippen LogP contribution in [0.15, 0.2) is 0 Å². The zero-order chi connectivity index (χ0) is 7.28. The van der Waals surface area contributed by atoms with Gasteiger partial charge in [0.2, 0.25) is 0 Å². The fourth-order valence-electron chi connectivity index (χ4n) is 0.442. The Morgan fingerprint density at radius 3 is 2.44 bits per heavy atom. The maximum atomic E-state index is 10.5. The predicted octanol–water partition coefficient (Wildman–Crippen LogP) is -0.503. The van der Waals surface area contributed by atoms with Crippen molar-refractivity contribution in [1.29, 1.82) is 0 Å². The highest BCUT2D eigenvalue weighted by Gasteiger charge is 2.05. The second-order valence-corrected chi connectivity index (χ2v) is 1.59. The van der Waals surface area contributed by atoms with Crippen molar-refractivity contribution in [1.82, 2.24) is 5.32 Å². The van der Waals surface area contributed by atoms with E-state index in [0.717, 1.165) is 0 Å². The van der Waals surface area contributed by atoms with Gasteiger partial charge in [-0.2, -0.15) is 0 Å². The summed E-state index contributed by atoms with van der Waals surface area (Å²) in [5.41, 5.74) is 0. The molecule has 3 nitrogen and oxygen atoms in total. The summed E-state index contributed by atoms with van der Waals surface area (Å²) in [4.78, 5) is 10.5. The van der Waals surface area contributed by atoms with Crippen molar-refractivity contribution in [3.8, 4) is 12.0 Å². The van der Waals surface area contributed by atoms with E-state index in [1.807, 2.05) is 0 Å². The van der Waals surface area contributed by atoms with Crippen LogP contribution in [0.3, 0.4) is 0 Å². The molecule has 0 aromatic carbocycles. The van der Waals surface area contributed by atoms with E-state index in [9.17, 15) is 4.79 Å². The minimum Gasteiger partial charge on any atom is -0.462 e. The molecule has 0 saturated carbocycles. The molecule has 0 aromatic heterocycles. The van der Waals surface area contributed by atoms with Gasteiger partial charge in [0.1, 0.15) is 12.1 Å². The van der Waals surface area contributed by atoms with Crippen molar-refractivity contribution in [2.75, 3.05) is 7.05 Å². The number of Topliss-reactive ketones (excluding diaryl/α,β-unsaturated/α-hetero) is 1. The molecule has 0 rings (SSSR count). The zero-order valence-corrected chi connectivity index (χ0v) is 5.43. The van der Waals surface area contributed by atoms with Crippen LogP contribution in [0.5, 0.6) is 0 Å². The van der Waals surface area contributed by atoms with E-state index in [1.165, 1.54) is 6.92 Å². The van der Waals surface area contributed by atoms with Gasteiger partial charge in [-0.25, -0.2) is 0 Å². The molecule has 0 amide bonds. The van der Waals surface area contributed by atoms with Gasteiger partial charge in [0.15, 0.2) is 5.78 Å². The van der Waals surface area contributed by atoms with Crippen LogP contribution in [0.1, 0.15) is 6.92 Å². The smallest absolute Gasteiger partial charge is 0.159 e. The lowest BCUT2D eigenvalue weighted by Crippen LogP contribution is -2.30. The summed E-state index contributed by atoms with van der Waals surface area (Å²) >= 11 is 0. The summed E-state index contributed by atoms with van der Waals surface area (Å²) < 4.78 is 0. The van der Waals surface area contributed by atoms with E-state index in [4.69, 9.17) is 5.11 Å². The summed E-state index contributed by atoms with van der Waals surface area (Å²) in [6, 6.07) is -0.532. The van der Waals surface area contributed by atoms with Crippen LogP contribution in [-0.2, 0) is 4.79 Å². The predicted molar refractivity (Wildman–Crippen MR) is 33.2 cm³/mol. The molecule has 0 fully saturated rings. The molecule has 0 aliphatic carbocycles. The normalized spacial score (nSPS) is 11.3. The molecule has 50 valence electrons. The molecule has 0 bridgehead atoms. The lowest BCUT2D eigenvalue weighted by Gasteiger charge is -2.00. The Bertz CT molecular complexity index is 154. The SMILES string of the molecule is CN[C@@H](C#CO)C(C)=O. The Morgan fingerprint density at radius 2 is 2.33 bits per heavy atom. The van der Waals surface area contributed by atoms with Crippen molar-refractivity contribution in [2.24, 2.45) is 0 Å². The lowest BCUT2D eigenvalue weighted by molar-refractivity contribution is -0.117. The Kier molecular flexibility index (Phi) is 3.49. The molecule has 0 aliphatic heterocycles. The number of nitrogens with one attached hydrogen (secondary N) is 1. The quantitative estimate of drug-likeness (QED) is 0.491. The van der Waals surface area contributed by atoms with Crippen LogP contribution < -0.4 is 5.32 Å². The Balaban J connectivity index is 3.94. The van der Waals surface area contributed by atoms with Gasteiger partial charge in [-0.1, -0.05) is 0 Å². The molecule has 9 heavy (non-hydrogen) atoms. The number of carbonyl (C=O) groups is 1. The monoisotopic (exact) mass is 127 g/mol. The fourth-order valence-corrected chi connectivity index (χ4v) is 0.442. The van der Waals surface area contributed by atoms with Gasteiger partial charge in [-0.3, -0.25) is 4.79 Å². The third-order valence-electron chi connectivity index (χ3n) is 0.904. The standard InChI is InChI=1S/C6H9NO2/c1-5(9)6(7-2)3-4-8/h6-8H,1-2H3/t6-/m0/s1. The first kappa shape index (κ1) is 7.99. The Morgan fingerprint density at radius 1 is 1.78 bits per heavy atom. The second kappa shape index (κ2) is 3.93. The number of carbonyl (C=O) groups excluding carboxylic acids is 1.